The summed E-state index contributed by atoms with van der Waals surface area (Å²) in [6.07, 6.45) is 6.47. The van der Waals surface area contributed by atoms with Gasteiger partial charge in [-0.15, -0.1) is 0 Å². The molecule has 84 valence electrons. The average molecular weight is 208 g/mol. The van der Waals surface area contributed by atoms with Gasteiger partial charge in [-0.1, -0.05) is 0 Å². The molecule has 15 heavy (non-hydrogen) atoms. The lowest BCUT2D eigenvalue weighted by Gasteiger charge is -2.16. The van der Waals surface area contributed by atoms with E-state index in [1.54, 1.807) is 0 Å². The monoisotopic (exact) mass is 208 g/mol. The first-order valence-electron chi connectivity index (χ1n) is 5.65. The van der Waals surface area contributed by atoms with Gasteiger partial charge in [0.15, 0.2) is 0 Å². The maximum atomic E-state index is 4.25. The van der Waals surface area contributed by atoms with Gasteiger partial charge in [0.1, 0.15) is 0 Å². The van der Waals surface area contributed by atoms with E-state index in [0.29, 0.717) is 6.04 Å². The fourth-order valence-electron chi connectivity index (χ4n) is 2.05. The zero-order valence-electron chi connectivity index (χ0n) is 9.61. The van der Waals surface area contributed by atoms with Crippen LogP contribution in [0.3, 0.4) is 0 Å². The van der Waals surface area contributed by atoms with E-state index in [0.717, 1.165) is 19.6 Å². The normalized spacial score (nSPS) is 21.4. The number of hydrogen-bond donors (Lipinski definition) is 1. The van der Waals surface area contributed by atoms with Crippen LogP contribution in [0.2, 0.25) is 0 Å². The third kappa shape index (κ3) is 2.58. The highest BCUT2D eigenvalue weighted by Crippen LogP contribution is 2.22. The van der Waals surface area contributed by atoms with Gasteiger partial charge in [0, 0.05) is 25.3 Å². The molecule has 0 spiro atoms. The summed E-state index contributed by atoms with van der Waals surface area (Å²) in [5.74, 6) is 0. The maximum absolute atomic E-state index is 4.25. The third-order valence-corrected chi connectivity index (χ3v) is 2.95. The minimum atomic E-state index is 0.523. The molecule has 0 bridgehead atoms. The summed E-state index contributed by atoms with van der Waals surface area (Å²) in [5, 5.41) is 3.51. The maximum Gasteiger partial charge on any atom is 0.0949 e. The first-order chi connectivity index (χ1) is 7.27. The molecule has 1 saturated heterocycles. The first-order valence-corrected chi connectivity index (χ1v) is 5.65. The summed E-state index contributed by atoms with van der Waals surface area (Å²) >= 11 is 0. The van der Waals surface area contributed by atoms with Crippen LogP contribution in [0.15, 0.2) is 12.5 Å². The number of nitrogens with zero attached hydrogens (tertiary/aromatic N) is 3. The lowest BCUT2D eigenvalue weighted by molar-refractivity contribution is 0.377. The highest BCUT2D eigenvalue weighted by molar-refractivity contribution is 5.07. The Hall–Kier alpha value is -0.870. The van der Waals surface area contributed by atoms with Gasteiger partial charge in [-0.05, 0) is 33.5 Å². The smallest absolute Gasteiger partial charge is 0.0949 e. The Kier molecular flexibility index (Phi) is 3.38. The second-order valence-corrected chi connectivity index (χ2v) is 4.46. The van der Waals surface area contributed by atoms with E-state index < -0.39 is 0 Å². The molecule has 1 aromatic rings. The van der Waals surface area contributed by atoms with E-state index in [1.807, 2.05) is 12.5 Å². The molecule has 0 unspecified atom stereocenters. The Morgan fingerprint density at radius 2 is 2.47 bits per heavy atom. The van der Waals surface area contributed by atoms with Crippen molar-refractivity contribution in [1.29, 1.82) is 0 Å². The summed E-state index contributed by atoms with van der Waals surface area (Å²) in [4.78, 5) is 6.45. The van der Waals surface area contributed by atoms with Crippen LogP contribution in [0.5, 0.6) is 0 Å². The lowest BCUT2D eigenvalue weighted by Crippen LogP contribution is -2.22. The summed E-state index contributed by atoms with van der Waals surface area (Å²) in [5.41, 5.74) is 1.34. The minimum Gasteiger partial charge on any atom is -0.332 e. The zero-order valence-corrected chi connectivity index (χ0v) is 9.61. The van der Waals surface area contributed by atoms with Gasteiger partial charge < -0.3 is 14.8 Å². The zero-order chi connectivity index (χ0) is 10.7. The molecule has 0 saturated carbocycles. The molecule has 1 atom stereocenters. The lowest BCUT2D eigenvalue weighted by atomic mass is 10.2. The van der Waals surface area contributed by atoms with Crippen molar-refractivity contribution in [3.05, 3.63) is 18.2 Å². The fraction of sp³-hybridized carbons (Fsp3) is 0.727. The second kappa shape index (κ2) is 4.77. The van der Waals surface area contributed by atoms with Crippen LogP contribution in [0.1, 0.15) is 24.6 Å². The Morgan fingerprint density at radius 1 is 1.60 bits per heavy atom. The molecule has 0 aliphatic carbocycles. The molecule has 1 aliphatic rings. The van der Waals surface area contributed by atoms with E-state index in [2.05, 4.69) is 33.9 Å². The Balaban J connectivity index is 2.01. The van der Waals surface area contributed by atoms with Crippen molar-refractivity contribution in [3.8, 4) is 0 Å². The van der Waals surface area contributed by atoms with Crippen LogP contribution >= 0.6 is 0 Å². The molecule has 1 N–H and O–H groups in total. The van der Waals surface area contributed by atoms with Crippen molar-refractivity contribution < 1.29 is 0 Å². The van der Waals surface area contributed by atoms with Crippen molar-refractivity contribution in [2.24, 2.45) is 0 Å². The molecule has 4 heteroatoms. The summed E-state index contributed by atoms with van der Waals surface area (Å²) < 4.78 is 2.27. The van der Waals surface area contributed by atoms with Gasteiger partial charge in [0.05, 0.1) is 12.0 Å². The van der Waals surface area contributed by atoms with Crippen LogP contribution < -0.4 is 5.32 Å². The van der Waals surface area contributed by atoms with Crippen molar-refractivity contribution >= 4 is 0 Å². The number of hydrogen-bond acceptors (Lipinski definition) is 3. The first kappa shape index (κ1) is 10.6. The van der Waals surface area contributed by atoms with Gasteiger partial charge in [-0.25, -0.2) is 4.98 Å². The van der Waals surface area contributed by atoms with Gasteiger partial charge in [0.25, 0.3) is 0 Å². The molecule has 1 aliphatic heterocycles. The van der Waals surface area contributed by atoms with Crippen LogP contribution in [-0.2, 0) is 6.54 Å². The van der Waals surface area contributed by atoms with Gasteiger partial charge >= 0.3 is 0 Å². The molecule has 2 rings (SSSR count). The van der Waals surface area contributed by atoms with Crippen molar-refractivity contribution in [1.82, 2.24) is 19.8 Å². The number of rotatable bonds is 4. The molecule has 1 aromatic heterocycles. The van der Waals surface area contributed by atoms with Crippen molar-refractivity contribution in [2.75, 3.05) is 27.2 Å². The predicted octanol–water partition coefficient (Wildman–Crippen LogP) is 0.869. The minimum absolute atomic E-state index is 0.523. The molecule has 0 amide bonds. The van der Waals surface area contributed by atoms with Gasteiger partial charge in [0.2, 0.25) is 0 Å². The van der Waals surface area contributed by atoms with E-state index in [1.165, 1.54) is 18.5 Å². The Bertz CT molecular complexity index is 299. The standard InChI is InChI=1S/C11H20N4/c1-14(2)6-7-15-9-12-8-11(15)10-4-3-5-13-10/h8-10,13H,3-7H2,1-2H3/t10-/m0/s1. The van der Waals surface area contributed by atoms with E-state index in [4.69, 9.17) is 0 Å². The average Bonchev–Trinajstić information content (AvgIpc) is 2.85. The molecule has 1 fully saturated rings. The topological polar surface area (TPSA) is 33.1 Å². The van der Waals surface area contributed by atoms with Crippen LogP contribution in [0, 0.1) is 0 Å². The molecule has 0 aromatic carbocycles. The van der Waals surface area contributed by atoms with Gasteiger partial charge in [-0.2, -0.15) is 0 Å². The quantitative estimate of drug-likeness (QED) is 0.797. The predicted molar refractivity (Wildman–Crippen MR) is 60.8 cm³/mol. The van der Waals surface area contributed by atoms with Crippen LogP contribution in [-0.4, -0.2) is 41.6 Å². The third-order valence-electron chi connectivity index (χ3n) is 2.95. The van der Waals surface area contributed by atoms with Crippen LogP contribution in [0.25, 0.3) is 0 Å². The number of aromatic nitrogens is 2. The Morgan fingerprint density at radius 3 is 3.13 bits per heavy atom. The highest BCUT2D eigenvalue weighted by Gasteiger charge is 2.19. The summed E-state index contributed by atoms with van der Waals surface area (Å²) in [6.45, 7) is 3.24. The SMILES string of the molecule is CN(C)CCn1cncc1[C@@H]1CCCN1. The molecular weight excluding hydrogens is 188 g/mol. The highest BCUT2D eigenvalue weighted by atomic mass is 15.1. The van der Waals surface area contributed by atoms with Gasteiger partial charge in [-0.3, -0.25) is 0 Å². The summed E-state index contributed by atoms with van der Waals surface area (Å²) in [6, 6.07) is 0.523. The number of imidazole rings is 1. The molecule has 4 nitrogen and oxygen atoms in total. The molecule has 0 radical (unpaired) electrons. The summed E-state index contributed by atoms with van der Waals surface area (Å²) in [7, 11) is 4.20. The molecular formula is C11H20N4. The van der Waals surface area contributed by atoms with E-state index in [-0.39, 0.29) is 0 Å². The second-order valence-electron chi connectivity index (χ2n) is 4.46. The van der Waals surface area contributed by atoms with E-state index in [9.17, 15) is 0 Å². The molecule has 2 heterocycles. The number of likely N-dealkylation sites (N-methyl/N-ethyl adjacent to an activating group) is 1. The fourth-order valence-corrected chi connectivity index (χ4v) is 2.05. The Labute approximate surface area is 91.3 Å². The largest absolute Gasteiger partial charge is 0.332 e. The number of nitrogens with one attached hydrogen (secondary N) is 1. The van der Waals surface area contributed by atoms with E-state index >= 15 is 0 Å². The van der Waals surface area contributed by atoms with Crippen LogP contribution in [0.4, 0.5) is 0 Å². The van der Waals surface area contributed by atoms with Crippen molar-refractivity contribution in [3.63, 3.8) is 0 Å². The van der Waals surface area contributed by atoms with Crippen molar-refractivity contribution in [2.45, 2.75) is 25.4 Å².